The Morgan fingerprint density at radius 3 is 2.33 bits per heavy atom. The van der Waals surface area contributed by atoms with Crippen molar-refractivity contribution < 1.29 is 0 Å². The first-order chi connectivity index (χ1) is 4.22. The van der Waals surface area contributed by atoms with Crippen molar-refractivity contribution >= 4 is 0 Å². The summed E-state index contributed by atoms with van der Waals surface area (Å²) in [7, 11) is 1.91. The zero-order chi connectivity index (χ0) is 7.28. The van der Waals surface area contributed by atoms with Crippen molar-refractivity contribution in [1.29, 1.82) is 0 Å². The molecule has 0 aliphatic heterocycles. The van der Waals surface area contributed by atoms with Gasteiger partial charge in [-0.05, 0) is 18.9 Å². The normalized spacial score (nSPS) is 11.2. The first kappa shape index (κ1) is 8.28. The minimum Gasteiger partial charge on any atom is -0.388 e. The Balaban J connectivity index is 3.98. The molecule has 0 aromatic rings. The summed E-state index contributed by atoms with van der Waals surface area (Å²) in [5.74, 6) is 0. The molecule has 0 heterocycles. The van der Waals surface area contributed by atoms with E-state index in [4.69, 9.17) is 0 Å². The summed E-state index contributed by atoms with van der Waals surface area (Å²) in [6.07, 6.45) is 3.19. The third-order valence-electron chi connectivity index (χ3n) is 1.14. The van der Waals surface area contributed by atoms with E-state index in [1.165, 1.54) is 0 Å². The van der Waals surface area contributed by atoms with Gasteiger partial charge in [0.15, 0.2) is 0 Å². The molecule has 1 nitrogen and oxygen atoms in total. The Hall–Kier alpha value is -0.720. The molecule has 0 unspecified atom stereocenters. The molecule has 0 amide bonds. The van der Waals surface area contributed by atoms with Crippen LogP contribution in [0.5, 0.6) is 0 Å². The first-order valence-electron chi connectivity index (χ1n) is 3.26. The molecule has 0 radical (unpaired) electrons. The van der Waals surface area contributed by atoms with Crippen LogP contribution in [0.4, 0.5) is 0 Å². The minimum atomic E-state index is 1.06. The highest BCUT2D eigenvalue weighted by atomic mass is 14.8. The van der Waals surface area contributed by atoms with Crippen LogP contribution in [-0.2, 0) is 0 Å². The molecular formula is C8H15N. The van der Waals surface area contributed by atoms with Crippen LogP contribution < -0.4 is 5.32 Å². The van der Waals surface area contributed by atoms with Crippen LogP contribution in [0, 0.1) is 0 Å². The first-order valence-corrected chi connectivity index (χ1v) is 3.26. The van der Waals surface area contributed by atoms with E-state index < -0.39 is 0 Å². The molecule has 0 atom stereocenters. The SMILES string of the molecule is C=C(C)/C(=C/CC)NC. The molecule has 1 N–H and O–H groups in total. The van der Waals surface area contributed by atoms with Crippen LogP contribution in [0.1, 0.15) is 20.3 Å². The van der Waals surface area contributed by atoms with Crippen molar-refractivity contribution in [2.45, 2.75) is 20.3 Å². The van der Waals surface area contributed by atoms with Crippen LogP contribution in [-0.4, -0.2) is 7.05 Å². The van der Waals surface area contributed by atoms with Gasteiger partial charge in [0.2, 0.25) is 0 Å². The molecule has 9 heavy (non-hydrogen) atoms. The Bertz CT molecular complexity index is 123. The molecule has 52 valence electrons. The van der Waals surface area contributed by atoms with Crippen molar-refractivity contribution in [2.24, 2.45) is 0 Å². The second kappa shape index (κ2) is 4.19. The van der Waals surface area contributed by atoms with E-state index in [9.17, 15) is 0 Å². The summed E-state index contributed by atoms with van der Waals surface area (Å²) >= 11 is 0. The van der Waals surface area contributed by atoms with Gasteiger partial charge >= 0.3 is 0 Å². The van der Waals surface area contributed by atoms with Gasteiger partial charge in [-0.2, -0.15) is 0 Å². The van der Waals surface area contributed by atoms with Crippen molar-refractivity contribution in [3.8, 4) is 0 Å². The largest absolute Gasteiger partial charge is 0.388 e. The topological polar surface area (TPSA) is 12.0 Å². The molecule has 0 saturated heterocycles. The van der Waals surface area contributed by atoms with E-state index in [1.54, 1.807) is 0 Å². The van der Waals surface area contributed by atoms with Crippen LogP contribution in [0.25, 0.3) is 0 Å². The molecule has 0 rings (SSSR count). The Labute approximate surface area is 57.5 Å². The monoisotopic (exact) mass is 125 g/mol. The third kappa shape index (κ3) is 2.96. The number of hydrogen-bond donors (Lipinski definition) is 1. The lowest BCUT2D eigenvalue weighted by molar-refractivity contribution is 0.978. The van der Waals surface area contributed by atoms with Gasteiger partial charge in [0.1, 0.15) is 0 Å². The number of allylic oxidation sites excluding steroid dienone is 2. The molecule has 0 saturated carbocycles. The summed E-state index contributed by atoms with van der Waals surface area (Å²) in [5, 5.41) is 3.06. The lowest BCUT2D eigenvalue weighted by atomic mass is 10.2. The Morgan fingerprint density at radius 1 is 1.67 bits per heavy atom. The molecule has 0 aliphatic rings. The summed E-state index contributed by atoms with van der Waals surface area (Å²) in [4.78, 5) is 0. The number of likely N-dealkylation sites (N-methyl/N-ethyl adjacent to an activating group) is 1. The number of hydrogen-bond acceptors (Lipinski definition) is 1. The average Bonchev–Trinajstić information content (AvgIpc) is 1.82. The average molecular weight is 125 g/mol. The van der Waals surface area contributed by atoms with Crippen molar-refractivity contribution in [1.82, 2.24) is 5.32 Å². The highest BCUT2D eigenvalue weighted by Gasteiger charge is 1.89. The van der Waals surface area contributed by atoms with E-state index in [0.717, 1.165) is 17.7 Å². The van der Waals surface area contributed by atoms with Gasteiger partial charge in [0.05, 0.1) is 0 Å². The molecule has 0 aromatic heterocycles. The predicted molar refractivity (Wildman–Crippen MR) is 42.2 cm³/mol. The second-order valence-electron chi connectivity index (χ2n) is 2.06. The maximum atomic E-state index is 3.81. The van der Waals surface area contributed by atoms with Gasteiger partial charge in [-0.1, -0.05) is 19.6 Å². The Kier molecular flexibility index (Phi) is 3.85. The Morgan fingerprint density at radius 2 is 2.22 bits per heavy atom. The summed E-state index contributed by atoms with van der Waals surface area (Å²) < 4.78 is 0. The summed E-state index contributed by atoms with van der Waals surface area (Å²) in [5.41, 5.74) is 2.25. The quantitative estimate of drug-likeness (QED) is 0.569. The van der Waals surface area contributed by atoms with Crippen LogP contribution >= 0.6 is 0 Å². The molecule has 1 heteroatoms. The smallest absolute Gasteiger partial charge is 0.0320 e. The number of rotatable bonds is 3. The van der Waals surface area contributed by atoms with E-state index in [2.05, 4.69) is 24.9 Å². The number of nitrogens with one attached hydrogen (secondary N) is 1. The fourth-order valence-corrected chi connectivity index (χ4v) is 0.694. The maximum absolute atomic E-state index is 3.81. The van der Waals surface area contributed by atoms with Crippen LogP contribution in [0.3, 0.4) is 0 Å². The predicted octanol–water partition coefficient (Wildman–Crippen LogP) is 2.08. The van der Waals surface area contributed by atoms with Crippen molar-refractivity contribution in [3.05, 3.63) is 23.9 Å². The highest BCUT2D eigenvalue weighted by molar-refractivity contribution is 5.23. The zero-order valence-electron chi connectivity index (χ0n) is 6.49. The molecule has 0 aromatic carbocycles. The van der Waals surface area contributed by atoms with Gasteiger partial charge < -0.3 is 5.32 Å². The van der Waals surface area contributed by atoms with Crippen LogP contribution in [0.2, 0.25) is 0 Å². The molecule has 0 bridgehead atoms. The third-order valence-corrected chi connectivity index (χ3v) is 1.14. The van der Waals surface area contributed by atoms with Gasteiger partial charge in [0, 0.05) is 12.7 Å². The van der Waals surface area contributed by atoms with E-state index in [1.807, 2.05) is 14.0 Å². The van der Waals surface area contributed by atoms with E-state index in [-0.39, 0.29) is 0 Å². The fraction of sp³-hybridized carbons (Fsp3) is 0.500. The maximum Gasteiger partial charge on any atom is 0.0320 e. The fourth-order valence-electron chi connectivity index (χ4n) is 0.694. The van der Waals surface area contributed by atoms with Gasteiger partial charge in [0.25, 0.3) is 0 Å². The second-order valence-corrected chi connectivity index (χ2v) is 2.06. The molecule has 0 fully saturated rings. The molecule has 0 spiro atoms. The van der Waals surface area contributed by atoms with Crippen molar-refractivity contribution in [2.75, 3.05) is 7.05 Å². The van der Waals surface area contributed by atoms with Gasteiger partial charge in [-0.15, -0.1) is 0 Å². The van der Waals surface area contributed by atoms with Gasteiger partial charge in [-0.3, -0.25) is 0 Å². The lowest BCUT2D eigenvalue weighted by Gasteiger charge is -2.03. The minimum absolute atomic E-state index is 1.06. The highest BCUT2D eigenvalue weighted by Crippen LogP contribution is 2.01. The van der Waals surface area contributed by atoms with E-state index in [0.29, 0.717) is 0 Å². The zero-order valence-corrected chi connectivity index (χ0v) is 6.49. The van der Waals surface area contributed by atoms with Crippen LogP contribution in [0.15, 0.2) is 23.9 Å². The lowest BCUT2D eigenvalue weighted by Crippen LogP contribution is -2.05. The standard InChI is InChI=1S/C8H15N/c1-5-6-8(9-4)7(2)3/h6,9H,2,5H2,1,3-4H3/b8-6-. The molecular weight excluding hydrogens is 110 g/mol. The summed E-state index contributed by atoms with van der Waals surface area (Å²) in [6, 6.07) is 0. The van der Waals surface area contributed by atoms with E-state index >= 15 is 0 Å². The molecule has 0 aliphatic carbocycles. The van der Waals surface area contributed by atoms with Gasteiger partial charge in [-0.25, -0.2) is 0 Å². The van der Waals surface area contributed by atoms with Crippen molar-refractivity contribution in [3.63, 3.8) is 0 Å². The summed E-state index contributed by atoms with van der Waals surface area (Å²) in [6.45, 7) is 7.92.